The molecule has 1 aromatic heterocycles. The van der Waals surface area contributed by atoms with E-state index in [0.29, 0.717) is 39.1 Å². The summed E-state index contributed by atoms with van der Waals surface area (Å²) in [4.78, 5) is 24.2. The maximum atomic E-state index is 12.4. The highest BCUT2D eigenvalue weighted by molar-refractivity contribution is 8.13. The average Bonchev–Trinajstić information content (AvgIpc) is 2.68. The van der Waals surface area contributed by atoms with Crippen molar-refractivity contribution in [1.29, 1.82) is 0 Å². The van der Waals surface area contributed by atoms with Gasteiger partial charge in [0.15, 0.2) is 16.7 Å². The van der Waals surface area contributed by atoms with Crippen LogP contribution in [0, 0.1) is 13.8 Å². The molecule has 0 spiro atoms. The highest BCUT2D eigenvalue weighted by atomic mass is 32.2. The minimum Gasteiger partial charge on any atom is -0.493 e. The third-order valence-electron chi connectivity index (χ3n) is 4.28. The van der Waals surface area contributed by atoms with E-state index in [4.69, 9.17) is 15.2 Å². The largest absolute Gasteiger partial charge is 0.493 e. The summed E-state index contributed by atoms with van der Waals surface area (Å²) in [6, 6.07) is 9.28. The Morgan fingerprint density at radius 2 is 1.82 bits per heavy atom. The molecule has 1 heterocycles. The summed E-state index contributed by atoms with van der Waals surface area (Å²) in [6.07, 6.45) is 0. The van der Waals surface area contributed by atoms with Crippen molar-refractivity contribution in [3.05, 3.63) is 57.6 Å². The van der Waals surface area contributed by atoms with E-state index < -0.39 is 0 Å². The number of amidine groups is 1. The van der Waals surface area contributed by atoms with E-state index >= 15 is 0 Å². The third-order valence-corrected chi connectivity index (χ3v) is 5.08. The van der Waals surface area contributed by atoms with Gasteiger partial charge in [-0.05, 0) is 31.0 Å². The predicted octanol–water partition coefficient (Wildman–Crippen LogP) is 3.44. The van der Waals surface area contributed by atoms with Crippen LogP contribution in [0.1, 0.15) is 17.0 Å². The van der Waals surface area contributed by atoms with Gasteiger partial charge in [0.25, 0.3) is 5.56 Å². The zero-order valence-electron chi connectivity index (χ0n) is 16.2. The predicted molar refractivity (Wildman–Crippen MR) is 114 cm³/mol. The number of benzene rings is 2. The van der Waals surface area contributed by atoms with Crippen LogP contribution in [0.5, 0.6) is 11.5 Å². The maximum Gasteiger partial charge on any atom is 0.258 e. The van der Waals surface area contributed by atoms with Crippen LogP contribution in [0.25, 0.3) is 10.9 Å². The van der Waals surface area contributed by atoms with Gasteiger partial charge in [0.1, 0.15) is 5.82 Å². The molecular weight excluding hydrogens is 376 g/mol. The van der Waals surface area contributed by atoms with Crippen LogP contribution in [0.15, 0.2) is 40.1 Å². The van der Waals surface area contributed by atoms with E-state index in [0.717, 1.165) is 16.8 Å². The van der Waals surface area contributed by atoms with Crippen LogP contribution < -0.4 is 20.8 Å². The minimum atomic E-state index is -0.244. The lowest BCUT2D eigenvalue weighted by Crippen LogP contribution is -2.13. The number of aliphatic imine (C=N–C) groups is 1. The van der Waals surface area contributed by atoms with Crippen molar-refractivity contribution in [1.82, 2.24) is 9.97 Å². The first kappa shape index (κ1) is 19.8. The number of thioether (sulfide) groups is 1. The molecule has 7 nitrogen and oxygen atoms in total. The lowest BCUT2D eigenvalue weighted by Gasteiger charge is -2.09. The first-order valence-electron chi connectivity index (χ1n) is 8.61. The molecule has 0 fully saturated rings. The van der Waals surface area contributed by atoms with E-state index in [1.54, 1.807) is 19.2 Å². The second kappa shape index (κ2) is 8.35. The second-order valence-electron chi connectivity index (χ2n) is 6.22. The van der Waals surface area contributed by atoms with Gasteiger partial charge in [0.05, 0.1) is 36.6 Å². The van der Waals surface area contributed by atoms with Crippen LogP contribution in [0.2, 0.25) is 0 Å². The van der Waals surface area contributed by atoms with Gasteiger partial charge >= 0.3 is 0 Å². The fourth-order valence-corrected chi connectivity index (χ4v) is 3.43. The Labute approximate surface area is 167 Å². The summed E-state index contributed by atoms with van der Waals surface area (Å²) in [6.45, 7) is 3.99. The van der Waals surface area contributed by atoms with Gasteiger partial charge in [-0.1, -0.05) is 30.0 Å². The molecule has 3 rings (SSSR count). The number of methoxy groups -OCH3 is 2. The molecule has 146 valence electrons. The first-order chi connectivity index (χ1) is 13.4. The number of nitrogens with zero attached hydrogens (tertiary/aromatic N) is 2. The van der Waals surface area contributed by atoms with Crippen molar-refractivity contribution >= 4 is 33.5 Å². The zero-order chi connectivity index (χ0) is 20.3. The molecule has 28 heavy (non-hydrogen) atoms. The van der Waals surface area contributed by atoms with Crippen LogP contribution in [-0.2, 0) is 5.75 Å². The molecule has 8 heteroatoms. The Hall–Kier alpha value is -3.00. The van der Waals surface area contributed by atoms with Gasteiger partial charge in [-0.3, -0.25) is 4.79 Å². The fourth-order valence-electron chi connectivity index (χ4n) is 2.85. The van der Waals surface area contributed by atoms with Crippen molar-refractivity contribution in [2.45, 2.75) is 19.6 Å². The Kier molecular flexibility index (Phi) is 5.89. The number of aromatic amines is 1. The number of H-pyrrole nitrogens is 1. The van der Waals surface area contributed by atoms with Crippen molar-refractivity contribution in [2.75, 3.05) is 14.2 Å². The fraction of sp³-hybridized carbons (Fsp3) is 0.250. The standard InChI is InChI=1S/C20H22N4O3S/c1-11-6-5-7-12(2)18(11)24-20(21)28-10-17-22-14-9-16(27-4)15(26-3)8-13(14)19(25)23-17/h5-9H,10H2,1-4H3,(H2,21,24)(H,22,23,25). The zero-order valence-corrected chi connectivity index (χ0v) is 17.0. The number of hydrogen-bond donors (Lipinski definition) is 2. The Bertz CT molecular complexity index is 1090. The molecular formula is C20H22N4O3S. The first-order valence-corrected chi connectivity index (χ1v) is 9.59. The molecule has 0 bridgehead atoms. The lowest BCUT2D eigenvalue weighted by atomic mass is 10.1. The normalized spacial score (nSPS) is 11.6. The monoisotopic (exact) mass is 398 g/mol. The number of hydrogen-bond acceptors (Lipinski definition) is 6. The summed E-state index contributed by atoms with van der Waals surface area (Å²) in [7, 11) is 3.06. The maximum absolute atomic E-state index is 12.4. The number of para-hydroxylation sites is 1. The smallest absolute Gasteiger partial charge is 0.258 e. The highest BCUT2D eigenvalue weighted by Crippen LogP contribution is 2.30. The van der Waals surface area contributed by atoms with Gasteiger partial charge in [0, 0.05) is 6.07 Å². The Morgan fingerprint density at radius 1 is 1.18 bits per heavy atom. The quantitative estimate of drug-likeness (QED) is 0.504. The number of nitrogens with two attached hydrogens (primary N) is 1. The lowest BCUT2D eigenvalue weighted by molar-refractivity contribution is 0.355. The number of ether oxygens (including phenoxy) is 2. The molecule has 0 saturated heterocycles. The molecule has 0 aliphatic heterocycles. The molecule has 0 saturated carbocycles. The number of fused-ring (bicyclic) bond motifs is 1. The van der Waals surface area contributed by atoms with Crippen molar-refractivity contribution in [3.63, 3.8) is 0 Å². The van der Waals surface area contributed by atoms with Gasteiger partial charge in [0.2, 0.25) is 0 Å². The third kappa shape index (κ3) is 4.12. The number of aromatic nitrogens is 2. The number of nitrogens with one attached hydrogen (secondary N) is 1. The van der Waals surface area contributed by atoms with Gasteiger partial charge in [-0.2, -0.15) is 0 Å². The van der Waals surface area contributed by atoms with Crippen LogP contribution in [-0.4, -0.2) is 29.4 Å². The van der Waals surface area contributed by atoms with Crippen molar-refractivity contribution in [2.24, 2.45) is 10.7 Å². The molecule has 0 atom stereocenters. The molecule has 0 amide bonds. The molecule has 0 unspecified atom stereocenters. The van der Waals surface area contributed by atoms with Gasteiger partial charge in [-0.15, -0.1) is 0 Å². The Morgan fingerprint density at radius 3 is 2.46 bits per heavy atom. The van der Waals surface area contributed by atoms with Crippen LogP contribution >= 0.6 is 11.8 Å². The van der Waals surface area contributed by atoms with Crippen LogP contribution in [0.4, 0.5) is 5.69 Å². The van der Waals surface area contributed by atoms with Crippen LogP contribution in [0.3, 0.4) is 0 Å². The van der Waals surface area contributed by atoms with E-state index in [1.165, 1.54) is 18.9 Å². The van der Waals surface area contributed by atoms with E-state index in [1.807, 2.05) is 32.0 Å². The molecule has 0 aliphatic carbocycles. The molecule has 3 aromatic rings. The molecule has 0 radical (unpaired) electrons. The van der Waals surface area contributed by atoms with E-state index in [-0.39, 0.29) is 5.56 Å². The topological polar surface area (TPSA) is 103 Å². The summed E-state index contributed by atoms with van der Waals surface area (Å²) in [5.74, 6) is 1.89. The van der Waals surface area contributed by atoms with Gasteiger partial charge in [-0.25, -0.2) is 9.98 Å². The highest BCUT2D eigenvalue weighted by Gasteiger charge is 2.11. The Balaban J connectivity index is 1.86. The molecule has 2 aromatic carbocycles. The summed E-state index contributed by atoms with van der Waals surface area (Å²) < 4.78 is 10.5. The summed E-state index contributed by atoms with van der Waals surface area (Å²) >= 11 is 1.32. The average molecular weight is 398 g/mol. The van der Waals surface area contributed by atoms with E-state index in [9.17, 15) is 4.79 Å². The number of rotatable bonds is 5. The summed E-state index contributed by atoms with van der Waals surface area (Å²) in [5, 5.41) is 0.844. The van der Waals surface area contributed by atoms with Crippen molar-refractivity contribution < 1.29 is 9.47 Å². The SMILES string of the molecule is COc1cc2nc(CSC(N)=Nc3c(C)cccc3C)[nH]c(=O)c2cc1OC. The molecule has 3 N–H and O–H groups in total. The molecule has 0 aliphatic rings. The summed E-state index contributed by atoms with van der Waals surface area (Å²) in [5.41, 5.74) is 9.35. The van der Waals surface area contributed by atoms with Crippen molar-refractivity contribution in [3.8, 4) is 11.5 Å². The van der Waals surface area contributed by atoms with Gasteiger partial charge < -0.3 is 20.2 Å². The minimum absolute atomic E-state index is 0.244. The van der Waals surface area contributed by atoms with E-state index in [2.05, 4.69) is 15.0 Å². The second-order valence-corrected chi connectivity index (χ2v) is 7.21. The number of aryl methyl sites for hydroxylation is 2.